The van der Waals surface area contributed by atoms with Crippen LogP contribution in [-0.4, -0.2) is 30.4 Å². The molecule has 198 valence electrons. The third-order valence-corrected chi connectivity index (χ3v) is 6.89. The summed E-state index contributed by atoms with van der Waals surface area (Å²) in [4.78, 5) is 28.5. The van der Waals surface area contributed by atoms with Gasteiger partial charge in [-0.25, -0.2) is 12.8 Å². The fourth-order valence-electron chi connectivity index (χ4n) is 4.19. The maximum absolute atomic E-state index is 13.9. The zero-order valence-corrected chi connectivity index (χ0v) is 22.1. The van der Waals surface area contributed by atoms with Crippen molar-refractivity contribution >= 4 is 32.5 Å². The van der Waals surface area contributed by atoms with Crippen molar-refractivity contribution in [1.29, 1.82) is 0 Å². The van der Waals surface area contributed by atoms with E-state index in [1.165, 1.54) is 28.8 Å². The number of sulfonamides is 1. The molecule has 0 aliphatic rings. The number of pyridine rings is 1. The molecule has 0 saturated carbocycles. The predicted octanol–water partition coefficient (Wildman–Crippen LogP) is 4.72. The molecule has 2 heterocycles. The number of hydrogen-bond donors (Lipinski definition) is 3. The number of fused-ring (bicyclic) bond motifs is 1. The van der Waals surface area contributed by atoms with Gasteiger partial charge in [-0.3, -0.25) is 14.3 Å². The first-order valence-corrected chi connectivity index (χ1v) is 13.2. The van der Waals surface area contributed by atoms with Crippen LogP contribution in [0.1, 0.15) is 28.5 Å². The molecule has 0 spiro atoms. The lowest BCUT2D eigenvalue weighted by Crippen LogP contribution is -2.22. The quantitative estimate of drug-likeness (QED) is 0.300. The Hall–Kier alpha value is -4.38. The van der Waals surface area contributed by atoms with Gasteiger partial charge in [0, 0.05) is 42.0 Å². The summed E-state index contributed by atoms with van der Waals surface area (Å²) in [5.74, 6) is -0.0230. The zero-order valence-electron chi connectivity index (χ0n) is 21.3. The predicted molar refractivity (Wildman–Crippen MR) is 146 cm³/mol. The second-order valence-corrected chi connectivity index (χ2v) is 10.4. The van der Waals surface area contributed by atoms with Crippen molar-refractivity contribution in [2.45, 2.75) is 20.8 Å². The highest BCUT2D eigenvalue weighted by atomic mass is 32.2. The van der Waals surface area contributed by atoms with Crippen molar-refractivity contribution in [3.8, 4) is 22.6 Å². The number of benzene rings is 2. The van der Waals surface area contributed by atoms with Crippen LogP contribution in [0.25, 0.3) is 22.0 Å². The molecule has 0 radical (unpaired) electrons. The molecule has 4 aromatic rings. The van der Waals surface area contributed by atoms with E-state index in [0.717, 1.165) is 5.41 Å². The van der Waals surface area contributed by atoms with E-state index in [2.05, 4.69) is 21.6 Å². The van der Waals surface area contributed by atoms with Crippen molar-refractivity contribution in [2.24, 2.45) is 7.05 Å². The van der Waals surface area contributed by atoms with E-state index in [1.54, 1.807) is 46.1 Å². The van der Waals surface area contributed by atoms with Crippen molar-refractivity contribution in [1.82, 2.24) is 14.9 Å². The molecular weight excluding hydrogens is 511 g/mol. The molecule has 0 saturated heterocycles. The molecular formula is C27H27FN4O5S. The Bertz CT molecular complexity index is 1730. The summed E-state index contributed by atoms with van der Waals surface area (Å²) in [7, 11) is -2.24. The smallest absolute Gasteiger partial charge is 0.267 e. The summed E-state index contributed by atoms with van der Waals surface area (Å²) in [6.07, 6.45) is 1.57. The van der Waals surface area contributed by atoms with Gasteiger partial charge in [-0.2, -0.15) is 0 Å². The molecule has 0 aliphatic heterocycles. The van der Waals surface area contributed by atoms with Gasteiger partial charge in [-0.15, -0.1) is 0 Å². The number of hydrogen-bond acceptors (Lipinski definition) is 5. The summed E-state index contributed by atoms with van der Waals surface area (Å²) < 4.78 is 48.3. The number of rotatable bonds is 8. The van der Waals surface area contributed by atoms with Crippen molar-refractivity contribution in [3.05, 3.63) is 87.6 Å². The van der Waals surface area contributed by atoms with Crippen LogP contribution in [-0.2, 0) is 17.1 Å². The Labute approximate surface area is 219 Å². The Balaban J connectivity index is 1.99. The molecule has 2 aromatic heterocycles. The molecule has 0 bridgehead atoms. The SMILES string of the molecule is C=CS(=O)(=O)Nc1ccc(Oc2c(C)cc(F)cc2C)c(-c2cn(C)c(=O)c3cc(C(=O)NCC)[nH]c23)c1. The molecule has 3 N–H and O–H groups in total. The number of amides is 1. The summed E-state index contributed by atoms with van der Waals surface area (Å²) in [6, 6.07) is 8.82. The lowest BCUT2D eigenvalue weighted by atomic mass is 10.0. The Morgan fingerprint density at radius 2 is 1.84 bits per heavy atom. The van der Waals surface area contributed by atoms with E-state index >= 15 is 0 Å². The molecule has 9 nitrogen and oxygen atoms in total. The van der Waals surface area contributed by atoms with Crippen molar-refractivity contribution in [2.75, 3.05) is 11.3 Å². The van der Waals surface area contributed by atoms with Crippen LogP contribution in [0.5, 0.6) is 11.5 Å². The minimum absolute atomic E-state index is 0.197. The van der Waals surface area contributed by atoms with E-state index < -0.39 is 15.8 Å². The molecule has 1 amide bonds. The van der Waals surface area contributed by atoms with Gasteiger partial charge in [0.25, 0.3) is 21.5 Å². The number of nitrogens with zero attached hydrogens (tertiary/aromatic N) is 1. The average molecular weight is 539 g/mol. The second-order valence-electron chi connectivity index (χ2n) is 8.79. The highest BCUT2D eigenvalue weighted by molar-refractivity contribution is 7.95. The molecule has 0 aliphatic carbocycles. The maximum atomic E-state index is 13.9. The van der Waals surface area contributed by atoms with E-state index in [9.17, 15) is 22.4 Å². The van der Waals surface area contributed by atoms with Crippen molar-refractivity contribution in [3.63, 3.8) is 0 Å². The van der Waals surface area contributed by atoms with E-state index in [1.807, 2.05) is 0 Å². The Morgan fingerprint density at radius 3 is 2.47 bits per heavy atom. The van der Waals surface area contributed by atoms with Gasteiger partial charge in [0.05, 0.1) is 10.9 Å². The number of carbonyl (C=O) groups is 1. The average Bonchev–Trinajstić information content (AvgIpc) is 3.30. The summed E-state index contributed by atoms with van der Waals surface area (Å²) >= 11 is 0. The standard InChI is InChI=1S/C27H27FN4O5S/c1-6-29-26(33)22-13-20-24(30-22)21(14-32(5)27(20)34)19-12-18(31-38(35,36)7-2)8-9-23(19)37-25-15(3)10-17(28)11-16(25)4/h7-14,30-31H,2,6H2,1,3-5H3,(H,29,33). The topological polar surface area (TPSA) is 122 Å². The third kappa shape index (κ3) is 5.18. The number of nitrogens with one attached hydrogen (secondary N) is 3. The number of halogens is 1. The van der Waals surface area contributed by atoms with Crippen LogP contribution in [0.15, 0.2) is 59.4 Å². The molecule has 38 heavy (non-hydrogen) atoms. The highest BCUT2D eigenvalue weighted by Crippen LogP contribution is 2.40. The van der Waals surface area contributed by atoms with Crippen molar-refractivity contribution < 1.29 is 22.3 Å². The maximum Gasteiger partial charge on any atom is 0.267 e. The van der Waals surface area contributed by atoms with Gasteiger partial charge in [0.1, 0.15) is 23.0 Å². The van der Waals surface area contributed by atoms with Gasteiger partial charge in [-0.05, 0) is 68.3 Å². The van der Waals surface area contributed by atoms with Crippen LogP contribution in [0.2, 0.25) is 0 Å². The molecule has 11 heteroatoms. The number of ether oxygens (including phenoxy) is 1. The van der Waals surface area contributed by atoms with Crippen LogP contribution in [0.4, 0.5) is 10.1 Å². The fourth-order valence-corrected chi connectivity index (χ4v) is 4.73. The number of H-pyrrole nitrogens is 1. The number of aryl methyl sites for hydroxylation is 3. The summed E-state index contributed by atoms with van der Waals surface area (Å²) in [6.45, 7) is 8.93. The third-order valence-electron chi connectivity index (χ3n) is 5.93. The van der Waals surface area contributed by atoms with Crippen LogP contribution < -0.4 is 20.3 Å². The number of carbonyl (C=O) groups excluding carboxylic acids is 1. The van der Waals surface area contributed by atoms with Crippen LogP contribution >= 0.6 is 0 Å². The monoisotopic (exact) mass is 538 g/mol. The highest BCUT2D eigenvalue weighted by Gasteiger charge is 2.20. The minimum Gasteiger partial charge on any atom is -0.456 e. The molecule has 2 aromatic carbocycles. The lowest BCUT2D eigenvalue weighted by molar-refractivity contribution is 0.0951. The first-order valence-electron chi connectivity index (χ1n) is 11.7. The number of aromatic amines is 1. The first kappa shape index (κ1) is 26.7. The number of aromatic nitrogens is 2. The summed E-state index contributed by atoms with van der Waals surface area (Å²) in [5, 5.41) is 3.75. The molecule has 0 unspecified atom stereocenters. The normalized spacial score (nSPS) is 11.4. The second kappa shape index (κ2) is 10.2. The van der Waals surface area contributed by atoms with Gasteiger partial charge >= 0.3 is 0 Å². The molecule has 0 atom stereocenters. The van der Waals surface area contributed by atoms with E-state index in [-0.39, 0.29) is 28.2 Å². The van der Waals surface area contributed by atoms with Gasteiger partial charge in [0.2, 0.25) is 0 Å². The first-order chi connectivity index (χ1) is 17.9. The van der Waals surface area contributed by atoms with Gasteiger partial charge in [0.15, 0.2) is 0 Å². The Morgan fingerprint density at radius 1 is 1.16 bits per heavy atom. The summed E-state index contributed by atoms with van der Waals surface area (Å²) in [5.41, 5.74) is 2.48. The van der Waals surface area contributed by atoms with Gasteiger partial charge in [-0.1, -0.05) is 6.58 Å². The molecule has 0 fully saturated rings. The van der Waals surface area contributed by atoms with Gasteiger partial charge < -0.3 is 19.6 Å². The Kier molecular flexibility index (Phi) is 7.14. The zero-order chi connectivity index (χ0) is 27.8. The van der Waals surface area contributed by atoms with E-state index in [0.29, 0.717) is 45.8 Å². The largest absolute Gasteiger partial charge is 0.456 e. The fraction of sp³-hybridized carbons (Fsp3) is 0.185. The van der Waals surface area contributed by atoms with E-state index in [4.69, 9.17) is 4.74 Å². The van der Waals surface area contributed by atoms with Crippen LogP contribution in [0.3, 0.4) is 0 Å². The molecule has 4 rings (SSSR count). The van der Waals surface area contributed by atoms with Crippen LogP contribution in [0, 0.1) is 19.7 Å². The minimum atomic E-state index is -3.82. The lowest BCUT2D eigenvalue weighted by Gasteiger charge is -2.17. The number of anilines is 1.